The highest BCUT2D eigenvalue weighted by molar-refractivity contribution is 9.11. The number of hydrogen-bond acceptors (Lipinski definition) is 3. The standard InChI is InChI=1S/C9H13BrO3/c1-11-7-4-6(10)5-8(12-2)9(7)13-3/h4-5,7,9H,1-3H3. The molecule has 0 heterocycles. The van der Waals surface area contributed by atoms with Crippen LogP contribution in [0.25, 0.3) is 0 Å². The highest BCUT2D eigenvalue weighted by Gasteiger charge is 2.27. The summed E-state index contributed by atoms with van der Waals surface area (Å²) in [6, 6.07) is 0. The average Bonchev–Trinajstić information content (AvgIpc) is 2.16. The number of halogens is 1. The van der Waals surface area contributed by atoms with Gasteiger partial charge in [0.1, 0.15) is 18.0 Å². The number of allylic oxidation sites excluding steroid dienone is 2. The molecule has 2 unspecified atom stereocenters. The van der Waals surface area contributed by atoms with Crippen molar-refractivity contribution in [3.8, 4) is 0 Å². The predicted molar refractivity (Wildman–Crippen MR) is 53.7 cm³/mol. The first-order valence-electron chi connectivity index (χ1n) is 3.91. The van der Waals surface area contributed by atoms with Crippen molar-refractivity contribution in [3.63, 3.8) is 0 Å². The molecule has 0 spiro atoms. The van der Waals surface area contributed by atoms with E-state index >= 15 is 0 Å². The van der Waals surface area contributed by atoms with Crippen LogP contribution < -0.4 is 0 Å². The minimum absolute atomic E-state index is 0.0978. The highest BCUT2D eigenvalue weighted by Crippen LogP contribution is 2.25. The Morgan fingerprint density at radius 2 is 1.92 bits per heavy atom. The summed E-state index contributed by atoms with van der Waals surface area (Å²) in [5.41, 5.74) is 0. The third-order valence-electron chi connectivity index (χ3n) is 1.94. The second-order valence-electron chi connectivity index (χ2n) is 2.66. The van der Waals surface area contributed by atoms with Gasteiger partial charge in [0.25, 0.3) is 0 Å². The van der Waals surface area contributed by atoms with Crippen molar-refractivity contribution >= 4 is 15.9 Å². The van der Waals surface area contributed by atoms with E-state index in [4.69, 9.17) is 14.2 Å². The Bertz CT molecular complexity index is 235. The average molecular weight is 249 g/mol. The van der Waals surface area contributed by atoms with Crippen molar-refractivity contribution in [1.82, 2.24) is 0 Å². The summed E-state index contributed by atoms with van der Waals surface area (Å²) in [4.78, 5) is 0. The van der Waals surface area contributed by atoms with Crippen LogP contribution in [0.4, 0.5) is 0 Å². The van der Waals surface area contributed by atoms with Gasteiger partial charge in [-0.25, -0.2) is 0 Å². The third-order valence-corrected chi connectivity index (χ3v) is 2.44. The second kappa shape index (κ2) is 4.79. The van der Waals surface area contributed by atoms with Gasteiger partial charge in [0, 0.05) is 18.7 Å². The SMILES string of the molecule is COC1=CC(Br)=CC(OC)C1OC. The maximum absolute atomic E-state index is 5.26. The van der Waals surface area contributed by atoms with Crippen molar-refractivity contribution in [2.75, 3.05) is 21.3 Å². The quantitative estimate of drug-likeness (QED) is 0.763. The molecule has 0 radical (unpaired) electrons. The molecular formula is C9H13BrO3. The van der Waals surface area contributed by atoms with Gasteiger partial charge in [-0.05, 0) is 12.2 Å². The van der Waals surface area contributed by atoms with E-state index in [9.17, 15) is 0 Å². The molecule has 0 bridgehead atoms. The van der Waals surface area contributed by atoms with E-state index in [1.165, 1.54) is 0 Å². The molecular weight excluding hydrogens is 236 g/mol. The summed E-state index contributed by atoms with van der Waals surface area (Å²) < 4.78 is 16.6. The van der Waals surface area contributed by atoms with E-state index in [2.05, 4.69) is 15.9 Å². The molecule has 0 fully saturated rings. The van der Waals surface area contributed by atoms with E-state index in [0.29, 0.717) is 0 Å². The molecule has 3 nitrogen and oxygen atoms in total. The van der Waals surface area contributed by atoms with Gasteiger partial charge in [0.2, 0.25) is 0 Å². The predicted octanol–water partition coefficient (Wildman–Crippen LogP) is 1.84. The largest absolute Gasteiger partial charge is 0.498 e. The molecule has 0 aromatic rings. The molecule has 0 saturated heterocycles. The van der Waals surface area contributed by atoms with Crippen LogP contribution >= 0.6 is 15.9 Å². The molecule has 0 aromatic heterocycles. The van der Waals surface area contributed by atoms with Crippen LogP contribution in [-0.4, -0.2) is 33.5 Å². The molecule has 0 aliphatic heterocycles. The zero-order chi connectivity index (χ0) is 9.84. The van der Waals surface area contributed by atoms with Crippen LogP contribution in [0.5, 0.6) is 0 Å². The summed E-state index contributed by atoms with van der Waals surface area (Å²) in [6.45, 7) is 0. The topological polar surface area (TPSA) is 27.7 Å². The van der Waals surface area contributed by atoms with Gasteiger partial charge in [0.05, 0.1) is 7.11 Å². The summed E-state index contributed by atoms with van der Waals surface area (Å²) in [5.74, 6) is 0.767. The zero-order valence-electron chi connectivity index (χ0n) is 7.91. The number of hydrogen-bond donors (Lipinski definition) is 0. The molecule has 0 saturated carbocycles. The molecule has 0 N–H and O–H groups in total. The van der Waals surface area contributed by atoms with Gasteiger partial charge < -0.3 is 14.2 Å². The summed E-state index contributed by atoms with van der Waals surface area (Å²) in [7, 11) is 4.90. The Morgan fingerprint density at radius 1 is 1.23 bits per heavy atom. The first kappa shape index (κ1) is 10.8. The maximum Gasteiger partial charge on any atom is 0.144 e. The second-order valence-corrected chi connectivity index (χ2v) is 3.57. The van der Waals surface area contributed by atoms with Crippen LogP contribution in [0.2, 0.25) is 0 Å². The third kappa shape index (κ3) is 2.33. The minimum Gasteiger partial charge on any atom is -0.498 e. The normalized spacial score (nSPS) is 28.0. The van der Waals surface area contributed by atoms with Crippen molar-refractivity contribution in [2.24, 2.45) is 0 Å². The lowest BCUT2D eigenvalue weighted by molar-refractivity contribution is -0.0185. The maximum atomic E-state index is 5.26. The molecule has 1 aliphatic rings. The smallest absolute Gasteiger partial charge is 0.144 e. The fourth-order valence-electron chi connectivity index (χ4n) is 1.29. The fourth-order valence-corrected chi connectivity index (χ4v) is 1.78. The van der Waals surface area contributed by atoms with E-state index in [-0.39, 0.29) is 12.2 Å². The zero-order valence-corrected chi connectivity index (χ0v) is 9.50. The number of rotatable bonds is 3. The highest BCUT2D eigenvalue weighted by atomic mass is 79.9. The molecule has 74 valence electrons. The van der Waals surface area contributed by atoms with Gasteiger partial charge in [-0.3, -0.25) is 0 Å². The van der Waals surface area contributed by atoms with E-state index in [1.54, 1.807) is 21.3 Å². The van der Waals surface area contributed by atoms with Crippen LogP contribution in [0.15, 0.2) is 22.4 Å². The van der Waals surface area contributed by atoms with Gasteiger partial charge in [-0.15, -0.1) is 0 Å². The lowest BCUT2D eigenvalue weighted by Gasteiger charge is -2.27. The fraction of sp³-hybridized carbons (Fsp3) is 0.556. The van der Waals surface area contributed by atoms with Crippen molar-refractivity contribution < 1.29 is 14.2 Å². The molecule has 2 atom stereocenters. The molecule has 0 aromatic carbocycles. The molecule has 0 amide bonds. The lowest BCUT2D eigenvalue weighted by atomic mass is 10.1. The van der Waals surface area contributed by atoms with Gasteiger partial charge in [-0.1, -0.05) is 15.9 Å². The lowest BCUT2D eigenvalue weighted by Crippen LogP contribution is -2.33. The molecule has 4 heteroatoms. The first-order chi connectivity index (χ1) is 6.22. The van der Waals surface area contributed by atoms with Crippen LogP contribution in [0.1, 0.15) is 0 Å². The molecule has 1 rings (SSSR count). The Balaban J connectivity index is 2.86. The Hall–Kier alpha value is -0.320. The van der Waals surface area contributed by atoms with E-state index in [0.717, 1.165) is 10.2 Å². The number of ether oxygens (including phenoxy) is 3. The Kier molecular flexibility index (Phi) is 3.96. The van der Waals surface area contributed by atoms with Crippen molar-refractivity contribution in [3.05, 3.63) is 22.4 Å². The Morgan fingerprint density at radius 3 is 2.38 bits per heavy atom. The van der Waals surface area contributed by atoms with Crippen LogP contribution in [0.3, 0.4) is 0 Å². The molecule has 13 heavy (non-hydrogen) atoms. The van der Waals surface area contributed by atoms with E-state index < -0.39 is 0 Å². The van der Waals surface area contributed by atoms with Crippen LogP contribution in [0, 0.1) is 0 Å². The summed E-state index contributed by atoms with van der Waals surface area (Å²) >= 11 is 3.38. The van der Waals surface area contributed by atoms with Gasteiger partial charge in [0.15, 0.2) is 0 Å². The Labute approximate surface area is 86.5 Å². The van der Waals surface area contributed by atoms with Crippen LogP contribution in [-0.2, 0) is 14.2 Å². The first-order valence-corrected chi connectivity index (χ1v) is 4.70. The van der Waals surface area contributed by atoms with E-state index in [1.807, 2.05) is 12.2 Å². The molecule has 1 aliphatic carbocycles. The summed E-state index contributed by atoms with van der Waals surface area (Å²) in [5, 5.41) is 0. The van der Waals surface area contributed by atoms with Gasteiger partial charge >= 0.3 is 0 Å². The summed E-state index contributed by atoms with van der Waals surface area (Å²) in [6.07, 6.45) is 3.57. The number of methoxy groups -OCH3 is 3. The minimum atomic E-state index is -0.156. The van der Waals surface area contributed by atoms with Gasteiger partial charge in [-0.2, -0.15) is 0 Å². The monoisotopic (exact) mass is 248 g/mol. The van der Waals surface area contributed by atoms with Crippen molar-refractivity contribution in [1.29, 1.82) is 0 Å². The van der Waals surface area contributed by atoms with Crippen molar-refractivity contribution in [2.45, 2.75) is 12.2 Å².